The van der Waals surface area contributed by atoms with Crippen molar-refractivity contribution in [3.8, 4) is 23.0 Å². The number of aromatic carboxylic acids is 1. The molecule has 6 heteroatoms. The summed E-state index contributed by atoms with van der Waals surface area (Å²) in [4.78, 5) is 15.2. The summed E-state index contributed by atoms with van der Waals surface area (Å²) in [7, 11) is 0. The summed E-state index contributed by atoms with van der Waals surface area (Å²) >= 11 is 0. The predicted molar refractivity (Wildman–Crippen MR) is 73.8 cm³/mol. The van der Waals surface area contributed by atoms with Crippen LogP contribution >= 0.6 is 0 Å². The minimum atomic E-state index is -1.00. The van der Waals surface area contributed by atoms with Crippen molar-refractivity contribution in [2.24, 2.45) is 0 Å². The molecule has 6 nitrogen and oxygen atoms in total. The van der Waals surface area contributed by atoms with Crippen LogP contribution in [0.4, 0.5) is 0 Å². The maximum atomic E-state index is 11.0. The topological polar surface area (TPSA) is 89.4 Å². The summed E-state index contributed by atoms with van der Waals surface area (Å²) in [6, 6.07) is 9.98. The number of hydrogen-bond donors (Lipinski definition) is 1. The molecule has 0 atom stereocenters. The van der Waals surface area contributed by atoms with Gasteiger partial charge in [-0.15, -0.1) is 0 Å². The number of aromatic nitrogens is 2. The smallest absolute Gasteiger partial charge is 0.335 e. The lowest BCUT2D eigenvalue weighted by atomic mass is 10.1. The Morgan fingerprint density at radius 1 is 1.29 bits per heavy atom. The highest BCUT2D eigenvalue weighted by molar-refractivity contribution is 5.89. The first kappa shape index (κ1) is 13.1. The summed E-state index contributed by atoms with van der Waals surface area (Å²) in [5.74, 6) is 0.921. The standard InChI is InChI=1S/C15H12N2O4/c1-2-11-6-7-12(20-11)14-16-13(17-21-14)9-4-3-5-10(8-9)15(18)19/h3-8H,2H2,1H3,(H,18,19). The zero-order chi connectivity index (χ0) is 14.8. The van der Waals surface area contributed by atoms with Crippen LogP contribution in [-0.2, 0) is 6.42 Å². The second-order valence-corrected chi connectivity index (χ2v) is 4.43. The highest BCUT2D eigenvalue weighted by Gasteiger charge is 2.14. The van der Waals surface area contributed by atoms with E-state index < -0.39 is 5.97 Å². The molecule has 0 spiro atoms. The van der Waals surface area contributed by atoms with Gasteiger partial charge in [-0.1, -0.05) is 24.2 Å². The molecule has 0 saturated carbocycles. The minimum Gasteiger partial charge on any atom is -0.478 e. The number of carboxylic acid groups (broad SMARTS) is 1. The van der Waals surface area contributed by atoms with Crippen LogP contribution in [0.15, 0.2) is 45.3 Å². The highest BCUT2D eigenvalue weighted by Crippen LogP contribution is 2.24. The zero-order valence-electron chi connectivity index (χ0n) is 11.2. The number of rotatable bonds is 4. The van der Waals surface area contributed by atoms with Crippen LogP contribution < -0.4 is 0 Å². The lowest BCUT2D eigenvalue weighted by Crippen LogP contribution is -1.96. The van der Waals surface area contributed by atoms with Crippen LogP contribution in [-0.4, -0.2) is 21.2 Å². The van der Waals surface area contributed by atoms with Gasteiger partial charge >= 0.3 is 5.97 Å². The third-order valence-electron chi connectivity index (χ3n) is 3.01. The van der Waals surface area contributed by atoms with Gasteiger partial charge in [-0.2, -0.15) is 4.98 Å². The quantitative estimate of drug-likeness (QED) is 0.790. The van der Waals surface area contributed by atoms with Gasteiger partial charge < -0.3 is 14.0 Å². The molecule has 0 unspecified atom stereocenters. The molecule has 0 saturated heterocycles. The second kappa shape index (κ2) is 5.24. The predicted octanol–water partition coefficient (Wildman–Crippen LogP) is 3.26. The van der Waals surface area contributed by atoms with Crippen LogP contribution in [0.1, 0.15) is 23.0 Å². The monoisotopic (exact) mass is 284 g/mol. The van der Waals surface area contributed by atoms with Crippen LogP contribution in [0.25, 0.3) is 23.0 Å². The van der Waals surface area contributed by atoms with Crippen LogP contribution in [0.5, 0.6) is 0 Å². The van der Waals surface area contributed by atoms with Crippen molar-refractivity contribution < 1.29 is 18.8 Å². The number of furan rings is 1. The first-order valence-electron chi connectivity index (χ1n) is 6.44. The van der Waals surface area contributed by atoms with Gasteiger partial charge in [0, 0.05) is 12.0 Å². The van der Waals surface area contributed by atoms with Crippen molar-refractivity contribution in [1.82, 2.24) is 10.1 Å². The van der Waals surface area contributed by atoms with Crippen molar-refractivity contribution in [2.75, 3.05) is 0 Å². The molecular weight excluding hydrogens is 272 g/mol. The Morgan fingerprint density at radius 2 is 2.14 bits per heavy atom. The molecule has 0 fully saturated rings. The summed E-state index contributed by atoms with van der Waals surface area (Å²) < 4.78 is 10.7. The highest BCUT2D eigenvalue weighted by atomic mass is 16.5. The number of carbonyl (C=O) groups is 1. The number of carboxylic acids is 1. The molecule has 0 bridgehead atoms. The van der Waals surface area contributed by atoms with Crippen molar-refractivity contribution in [3.05, 3.63) is 47.7 Å². The van der Waals surface area contributed by atoms with Gasteiger partial charge in [-0.25, -0.2) is 4.79 Å². The third kappa shape index (κ3) is 2.55. The van der Waals surface area contributed by atoms with Gasteiger partial charge in [0.2, 0.25) is 5.82 Å². The fourth-order valence-electron chi connectivity index (χ4n) is 1.92. The van der Waals surface area contributed by atoms with Gasteiger partial charge in [0.1, 0.15) is 5.76 Å². The van der Waals surface area contributed by atoms with Gasteiger partial charge in [0.15, 0.2) is 5.76 Å². The normalized spacial score (nSPS) is 10.7. The molecule has 0 aliphatic carbocycles. The Hall–Kier alpha value is -2.89. The van der Waals surface area contributed by atoms with Crippen molar-refractivity contribution >= 4 is 5.97 Å². The molecule has 2 heterocycles. The molecule has 3 rings (SSSR count). The van der Waals surface area contributed by atoms with Crippen LogP contribution in [0.3, 0.4) is 0 Å². The SMILES string of the molecule is CCc1ccc(-c2nc(-c3cccc(C(=O)O)c3)no2)o1. The van der Waals surface area contributed by atoms with Gasteiger partial charge in [-0.3, -0.25) is 0 Å². The van der Waals surface area contributed by atoms with E-state index in [0.29, 0.717) is 17.1 Å². The molecule has 1 aromatic carbocycles. The number of nitrogens with zero attached hydrogens (tertiary/aromatic N) is 2. The molecule has 21 heavy (non-hydrogen) atoms. The molecule has 0 aliphatic heterocycles. The van der Waals surface area contributed by atoms with Crippen molar-refractivity contribution in [2.45, 2.75) is 13.3 Å². The third-order valence-corrected chi connectivity index (χ3v) is 3.01. The molecule has 1 N–H and O–H groups in total. The van der Waals surface area contributed by atoms with Gasteiger partial charge in [-0.05, 0) is 24.3 Å². The maximum absolute atomic E-state index is 11.0. The Labute approximate surface area is 120 Å². The molecule has 0 radical (unpaired) electrons. The molecular formula is C15H12N2O4. The Kier molecular flexibility index (Phi) is 3.27. The van der Waals surface area contributed by atoms with E-state index in [4.69, 9.17) is 14.0 Å². The van der Waals surface area contributed by atoms with Crippen molar-refractivity contribution in [3.63, 3.8) is 0 Å². The molecule has 3 aromatic rings. The Morgan fingerprint density at radius 3 is 2.86 bits per heavy atom. The van der Waals surface area contributed by atoms with E-state index in [1.54, 1.807) is 18.2 Å². The van der Waals surface area contributed by atoms with E-state index in [0.717, 1.165) is 12.2 Å². The number of aryl methyl sites for hydroxylation is 1. The van der Waals surface area contributed by atoms with E-state index in [9.17, 15) is 4.79 Å². The summed E-state index contributed by atoms with van der Waals surface area (Å²) in [5.41, 5.74) is 0.747. The fourth-order valence-corrected chi connectivity index (χ4v) is 1.92. The van der Waals surface area contributed by atoms with Crippen molar-refractivity contribution in [1.29, 1.82) is 0 Å². The largest absolute Gasteiger partial charge is 0.478 e. The Bertz CT molecular complexity index is 788. The van der Waals surface area contributed by atoms with E-state index in [2.05, 4.69) is 10.1 Å². The molecule has 0 amide bonds. The summed E-state index contributed by atoms with van der Waals surface area (Å²) in [6.45, 7) is 1.99. The van der Waals surface area contributed by atoms with E-state index in [1.807, 2.05) is 13.0 Å². The minimum absolute atomic E-state index is 0.171. The average molecular weight is 284 g/mol. The summed E-state index contributed by atoms with van der Waals surface area (Å²) in [6.07, 6.45) is 0.779. The van der Waals surface area contributed by atoms with Crippen LogP contribution in [0, 0.1) is 0 Å². The van der Waals surface area contributed by atoms with Gasteiger partial charge in [0.25, 0.3) is 5.89 Å². The number of hydrogen-bond acceptors (Lipinski definition) is 5. The fraction of sp³-hybridized carbons (Fsp3) is 0.133. The van der Waals surface area contributed by atoms with E-state index in [-0.39, 0.29) is 11.5 Å². The second-order valence-electron chi connectivity index (χ2n) is 4.43. The number of benzene rings is 1. The lowest BCUT2D eigenvalue weighted by molar-refractivity contribution is 0.0697. The average Bonchev–Trinajstić information content (AvgIpc) is 3.16. The van der Waals surface area contributed by atoms with Crippen LogP contribution in [0.2, 0.25) is 0 Å². The van der Waals surface area contributed by atoms with E-state index in [1.165, 1.54) is 12.1 Å². The lowest BCUT2D eigenvalue weighted by Gasteiger charge is -1.96. The first-order valence-corrected chi connectivity index (χ1v) is 6.44. The Balaban J connectivity index is 1.94. The summed E-state index contributed by atoms with van der Waals surface area (Å²) in [5, 5.41) is 12.8. The first-order chi connectivity index (χ1) is 10.2. The molecule has 0 aliphatic rings. The molecule has 2 aromatic heterocycles. The molecule has 106 valence electrons. The zero-order valence-corrected chi connectivity index (χ0v) is 11.2. The van der Waals surface area contributed by atoms with Gasteiger partial charge in [0.05, 0.1) is 5.56 Å². The maximum Gasteiger partial charge on any atom is 0.335 e. The van der Waals surface area contributed by atoms with E-state index >= 15 is 0 Å².